The second kappa shape index (κ2) is 10.2. The van der Waals surface area contributed by atoms with Crippen LogP contribution in [0.15, 0.2) is 89.5 Å². The maximum atomic E-state index is 13.2. The second-order valence-corrected chi connectivity index (χ2v) is 9.34. The lowest BCUT2D eigenvalue weighted by atomic mass is 9.86. The van der Waals surface area contributed by atoms with Gasteiger partial charge in [0.25, 0.3) is 0 Å². The number of thioether (sulfide) groups is 1. The quantitative estimate of drug-likeness (QED) is 0.462. The number of allylic oxidation sites excluding steroid dienone is 1. The minimum atomic E-state index is -0.248. The molecule has 0 N–H and O–H groups in total. The van der Waals surface area contributed by atoms with Gasteiger partial charge in [0.05, 0.1) is 36.3 Å². The smallest absolute Gasteiger partial charge is 0.229 e. The summed E-state index contributed by atoms with van der Waals surface area (Å²) in [7, 11) is 1.64. The zero-order valence-electron chi connectivity index (χ0n) is 19.4. The van der Waals surface area contributed by atoms with Gasteiger partial charge in [0.15, 0.2) is 0 Å². The summed E-state index contributed by atoms with van der Waals surface area (Å²) in [5.41, 5.74) is 3.72. The number of benzene rings is 3. The van der Waals surface area contributed by atoms with Crippen LogP contribution in [-0.4, -0.2) is 30.5 Å². The number of nitrogens with zero attached hydrogens (tertiary/aromatic N) is 3. The highest BCUT2D eigenvalue weighted by molar-refractivity contribution is 8.03. The van der Waals surface area contributed by atoms with Crippen LogP contribution in [0.25, 0.3) is 0 Å². The van der Waals surface area contributed by atoms with E-state index in [-0.39, 0.29) is 18.2 Å². The zero-order chi connectivity index (χ0) is 24.2. The summed E-state index contributed by atoms with van der Waals surface area (Å²) in [5, 5.41) is 10.8. The highest BCUT2D eigenvalue weighted by Crippen LogP contribution is 2.43. The Morgan fingerprint density at radius 3 is 2.40 bits per heavy atom. The van der Waals surface area contributed by atoms with Gasteiger partial charge in [0.2, 0.25) is 5.91 Å². The van der Waals surface area contributed by atoms with Crippen molar-refractivity contribution >= 4 is 23.4 Å². The molecule has 2 aliphatic heterocycles. The van der Waals surface area contributed by atoms with Crippen molar-refractivity contribution in [3.8, 4) is 17.6 Å². The van der Waals surface area contributed by atoms with Crippen molar-refractivity contribution < 1.29 is 14.3 Å². The molecule has 2 aliphatic rings. The summed E-state index contributed by atoms with van der Waals surface area (Å²) >= 11 is 1.54. The SMILES string of the molecule is COc1ccc(N2CSC3=C(C#N)C(c4ccc(OCc5ccccc5)cc4)CC(=O)N3C2)cc1. The molecular formula is C28H25N3O3S. The molecule has 0 bridgehead atoms. The molecule has 0 aromatic heterocycles. The van der Waals surface area contributed by atoms with Gasteiger partial charge in [-0.15, -0.1) is 0 Å². The van der Waals surface area contributed by atoms with Crippen molar-refractivity contribution in [2.45, 2.75) is 18.9 Å². The van der Waals surface area contributed by atoms with Crippen molar-refractivity contribution in [1.82, 2.24) is 4.90 Å². The van der Waals surface area contributed by atoms with E-state index in [1.807, 2.05) is 78.9 Å². The van der Waals surface area contributed by atoms with Gasteiger partial charge in [-0.05, 0) is 47.5 Å². The molecule has 176 valence electrons. The monoisotopic (exact) mass is 483 g/mol. The predicted octanol–water partition coefficient (Wildman–Crippen LogP) is 5.49. The normalized spacial score (nSPS) is 17.6. The lowest BCUT2D eigenvalue weighted by molar-refractivity contribution is -0.129. The Kier molecular flexibility index (Phi) is 6.64. The lowest BCUT2D eigenvalue weighted by Gasteiger charge is -2.42. The Bertz CT molecular complexity index is 1270. The number of carbonyl (C=O) groups is 1. The third-order valence-electron chi connectivity index (χ3n) is 6.26. The number of amides is 1. The van der Waals surface area contributed by atoms with Gasteiger partial charge in [-0.1, -0.05) is 54.2 Å². The van der Waals surface area contributed by atoms with Crippen LogP contribution < -0.4 is 14.4 Å². The van der Waals surface area contributed by atoms with Gasteiger partial charge in [-0.3, -0.25) is 9.69 Å². The Morgan fingerprint density at radius 2 is 1.71 bits per heavy atom. The van der Waals surface area contributed by atoms with Crippen LogP contribution in [0, 0.1) is 11.3 Å². The number of hydrogen-bond acceptors (Lipinski definition) is 6. The predicted molar refractivity (Wildman–Crippen MR) is 137 cm³/mol. The van der Waals surface area contributed by atoms with Crippen LogP contribution in [0.2, 0.25) is 0 Å². The molecule has 0 saturated carbocycles. The van der Waals surface area contributed by atoms with Crippen molar-refractivity contribution in [1.29, 1.82) is 5.26 Å². The van der Waals surface area contributed by atoms with E-state index in [1.165, 1.54) is 11.8 Å². The molecule has 7 heteroatoms. The van der Waals surface area contributed by atoms with Crippen molar-refractivity contribution in [3.05, 3.63) is 101 Å². The van der Waals surface area contributed by atoms with Crippen LogP contribution >= 0.6 is 11.8 Å². The second-order valence-electron chi connectivity index (χ2n) is 8.41. The average Bonchev–Trinajstić information content (AvgIpc) is 2.92. The summed E-state index contributed by atoms with van der Waals surface area (Å²) < 4.78 is 11.1. The molecule has 1 fully saturated rings. The Balaban J connectivity index is 1.32. The molecule has 6 nitrogen and oxygen atoms in total. The van der Waals surface area contributed by atoms with E-state index in [2.05, 4.69) is 11.0 Å². The lowest BCUT2D eigenvalue weighted by Crippen LogP contribution is -2.47. The van der Waals surface area contributed by atoms with Crippen molar-refractivity contribution in [2.24, 2.45) is 0 Å². The number of carbonyl (C=O) groups excluding carboxylic acids is 1. The van der Waals surface area contributed by atoms with Crippen LogP contribution in [0.4, 0.5) is 5.69 Å². The van der Waals surface area contributed by atoms with E-state index < -0.39 is 0 Å². The number of ether oxygens (including phenoxy) is 2. The zero-order valence-corrected chi connectivity index (χ0v) is 20.2. The molecule has 3 aromatic carbocycles. The van der Waals surface area contributed by atoms with Crippen LogP contribution in [-0.2, 0) is 11.4 Å². The summed E-state index contributed by atoms with van der Waals surface area (Å²) in [6.45, 7) is 0.920. The molecule has 1 amide bonds. The first kappa shape index (κ1) is 22.9. The van der Waals surface area contributed by atoms with Crippen molar-refractivity contribution in [2.75, 3.05) is 24.6 Å². The standard InChI is InChI=1S/C28H25N3O3S/c1-33-23-13-9-22(10-14-23)30-18-31-27(32)15-25(26(16-29)28(31)35-19-30)21-7-11-24(12-8-21)34-17-20-5-3-2-4-6-20/h2-14,25H,15,17-19H2,1H3. The molecule has 35 heavy (non-hydrogen) atoms. The Labute approximate surface area is 209 Å². The highest BCUT2D eigenvalue weighted by atomic mass is 32.2. The van der Waals surface area contributed by atoms with E-state index in [0.29, 0.717) is 24.7 Å². The average molecular weight is 484 g/mol. The number of rotatable bonds is 6. The molecule has 5 rings (SSSR count). The molecule has 0 aliphatic carbocycles. The highest BCUT2D eigenvalue weighted by Gasteiger charge is 2.38. The number of hydrogen-bond donors (Lipinski definition) is 0. The first-order valence-electron chi connectivity index (χ1n) is 11.4. The van der Waals surface area contributed by atoms with E-state index in [9.17, 15) is 10.1 Å². The van der Waals surface area contributed by atoms with E-state index in [0.717, 1.165) is 33.3 Å². The maximum absolute atomic E-state index is 13.2. The summed E-state index contributed by atoms with van der Waals surface area (Å²) in [6.07, 6.45) is 0.271. The first-order chi connectivity index (χ1) is 17.2. The van der Waals surface area contributed by atoms with Crippen LogP contribution in [0.1, 0.15) is 23.5 Å². The first-order valence-corrected chi connectivity index (χ1v) is 12.4. The summed E-state index contributed by atoms with van der Waals surface area (Å²) in [5.74, 6) is 1.99. The Morgan fingerprint density at radius 1 is 1.00 bits per heavy atom. The third-order valence-corrected chi connectivity index (χ3v) is 7.42. The Hall–Kier alpha value is -3.89. The van der Waals surface area contributed by atoms with Gasteiger partial charge in [-0.2, -0.15) is 5.26 Å². The molecule has 0 spiro atoms. The number of methoxy groups -OCH3 is 1. The number of fused-ring (bicyclic) bond motifs is 1. The van der Waals surface area contributed by atoms with Crippen LogP contribution in [0.3, 0.4) is 0 Å². The van der Waals surface area contributed by atoms with E-state index >= 15 is 0 Å². The molecule has 0 radical (unpaired) electrons. The molecule has 1 atom stereocenters. The minimum Gasteiger partial charge on any atom is -0.497 e. The fraction of sp³-hybridized carbons (Fsp3) is 0.214. The van der Waals surface area contributed by atoms with Gasteiger partial charge in [-0.25, -0.2) is 0 Å². The van der Waals surface area contributed by atoms with Gasteiger partial charge in [0.1, 0.15) is 18.1 Å². The van der Waals surface area contributed by atoms with Crippen molar-refractivity contribution in [3.63, 3.8) is 0 Å². The van der Waals surface area contributed by atoms with E-state index in [4.69, 9.17) is 9.47 Å². The van der Waals surface area contributed by atoms with Gasteiger partial charge >= 0.3 is 0 Å². The third kappa shape index (κ3) is 4.84. The summed E-state index contributed by atoms with van der Waals surface area (Å²) in [6, 6.07) is 27.9. The number of anilines is 1. The molecule has 2 heterocycles. The van der Waals surface area contributed by atoms with Crippen LogP contribution in [0.5, 0.6) is 11.5 Å². The molecular weight excluding hydrogens is 458 g/mol. The van der Waals surface area contributed by atoms with Gasteiger partial charge in [0, 0.05) is 18.0 Å². The fourth-order valence-corrected chi connectivity index (χ4v) is 5.51. The largest absolute Gasteiger partial charge is 0.497 e. The topological polar surface area (TPSA) is 65.8 Å². The molecule has 1 saturated heterocycles. The summed E-state index contributed by atoms with van der Waals surface area (Å²) in [4.78, 5) is 17.0. The maximum Gasteiger partial charge on any atom is 0.229 e. The fourth-order valence-electron chi connectivity index (χ4n) is 4.34. The van der Waals surface area contributed by atoms with E-state index in [1.54, 1.807) is 12.0 Å². The van der Waals surface area contributed by atoms with Gasteiger partial charge < -0.3 is 14.4 Å². The molecule has 1 unspecified atom stereocenters. The minimum absolute atomic E-state index is 0.0270. The molecule has 3 aromatic rings. The number of nitriles is 1.